The monoisotopic (exact) mass is 513 g/mol. The molecule has 0 atom stereocenters. The number of hydrogen-bond donors (Lipinski definition) is 0. The molecule has 0 aliphatic heterocycles. The highest BCUT2D eigenvalue weighted by Crippen LogP contribution is 2.37. The van der Waals surface area contributed by atoms with E-state index >= 15 is 0 Å². The summed E-state index contributed by atoms with van der Waals surface area (Å²) in [6.07, 6.45) is 0. The van der Waals surface area contributed by atoms with Gasteiger partial charge in [0.15, 0.2) is 0 Å². The Morgan fingerprint density at radius 3 is 2.16 bits per heavy atom. The minimum atomic E-state index is -0.563. The molecular formula is C21H25Cl2N5O2S2. The van der Waals surface area contributed by atoms with E-state index in [9.17, 15) is 10.1 Å². The first kappa shape index (κ1) is 26.3. The lowest BCUT2D eigenvalue weighted by atomic mass is 10.2. The van der Waals surface area contributed by atoms with Gasteiger partial charge in [-0.25, -0.2) is 0 Å². The van der Waals surface area contributed by atoms with Gasteiger partial charge in [-0.05, 0) is 45.0 Å². The van der Waals surface area contributed by atoms with E-state index in [0.717, 1.165) is 41.9 Å². The molecule has 32 heavy (non-hydrogen) atoms. The van der Waals surface area contributed by atoms with Crippen LogP contribution in [0, 0.1) is 10.1 Å². The van der Waals surface area contributed by atoms with Crippen molar-refractivity contribution in [1.82, 2.24) is 4.90 Å². The Hall–Kier alpha value is -1.94. The van der Waals surface area contributed by atoms with Gasteiger partial charge < -0.3 is 9.80 Å². The molecule has 0 saturated carbocycles. The van der Waals surface area contributed by atoms with Gasteiger partial charge in [-0.2, -0.15) is 5.11 Å². The molecule has 0 aromatic heterocycles. The Bertz CT molecular complexity index is 946. The van der Waals surface area contributed by atoms with Crippen LogP contribution in [0.2, 0.25) is 10.0 Å². The van der Waals surface area contributed by atoms with E-state index in [1.807, 2.05) is 24.3 Å². The van der Waals surface area contributed by atoms with E-state index in [4.69, 9.17) is 35.4 Å². The largest absolute Gasteiger partial charge is 0.371 e. The zero-order valence-electron chi connectivity index (χ0n) is 18.1. The molecule has 0 bridgehead atoms. The summed E-state index contributed by atoms with van der Waals surface area (Å²) in [6.45, 7) is 9.91. The zero-order valence-corrected chi connectivity index (χ0v) is 21.3. The molecule has 0 spiro atoms. The predicted octanol–water partition coefficient (Wildman–Crippen LogP) is 7.50. The second-order valence-corrected chi connectivity index (χ2v) is 9.14. The number of non-ortho nitro benzene ring substituents is 1. The van der Waals surface area contributed by atoms with Crippen molar-refractivity contribution < 1.29 is 4.92 Å². The lowest BCUT2D eigenvalue weighted by Gasteiger charge is -2.25. The number of nitrogens with zero attached hydrogens (tertiary/aromatic N) is 5. The number of benzene rings is 2. The first-order valence-corrected chi connectivity index (χ1v) is 12.3. The molecule has 2 aromatic carbocycles. The van der Waals surface area contributed by atoms with Gasteiger partial charge in [-0.1, -0.05) is 47.2 Å². The smallest absolute Gasteiger partial charge is 0.272 e. The van der Waals surface area contributed by atoms with E-state index in [0.29, 0.717) is 5.69 Å². The van der Waals surface area contributed by atoms with Crippen molar-refractivity contribution in [3.8, 4) is 0 Å². The topological polar surface area (TPSA) is 74.3 Å². The summed E-state index contributed by atoms with van der Waals surface area (Å²) >= 11 is 19.4. The molecule has 0 unspecified atom stereocenters. The molecule has 0 aliphatic rings. The van der Waals surface area contributed by atoms with Crippen LogP contribution in [-0.4, -0.2) is 46.1 Å². The summed E-state index contributed by atoms with van der Waals surface area (Å²) < 4.78 is 0.936. The molecule has 11 heteroatoms. The molecule has 2 aromatic rings. The predicted molar refractivity (Wildman–Crippen MR) is 140 cm³/mol. The third kappa shape index (κ3) is 7.30. The van der Waals surface area contributed by atoms with Crippen molar-refractivity contribution in [2.24, 2.45) is 10.2 Å². The number of anilines is 1. The van der Waals surface area contributed by atoms with Gasteiger partial charge in [0.05, 0.1) is 20.7 Å². The molecular weight excluding hydrogens is 489 g/mol. The quantitative estimate of drug-likeness (QED) is 0.141. The SMILES string of the molecule is CCN(CC)C(=S)SCCN(CC)c1ccc(N=Nc2c(Cl)cc([N+](=O)[O-])cc2Cl)cc1. The first-order chi connectivity index (χ1) is 15.3. The van der Waals surface area contributed by atoms with Crippen molar-refractivity contribution in [3.63, 3.8) is 0 Å². The summed E-state index contributed by atoms with van der Waals surface area (Å²) in [4.78, 5) is 14.8. The Kier molecular flexibility index (Phi) is 10.6. The van der Waals surface area contributed by atoms with Gasteiger partial charge in [-0.3, -0.25) is 10.1 Å². The van der Waals surface area contributed by atoms with Gasteiger partial charge in [0.25, 0.3) is 5.69 Å². The molecule has 0 radical (unpaired) electrons. The maximum atomic E-state index is 10.9. The molecule has 172 valence electrons. The van der Waals surface area contributed by atoms with Crippen molar-refractivity contribution in [3.05, 3.63) is 56.6 Å². The highest BCUT2D eigenvalue weighted by atomic mass is 35.5. The van der Waals surface area contributed by atoms with Crippen LogP contribution in [0.15, 0.2) is 46.6 Å². The van der Waals surface area contributed by atoms with Crippen molar-refractivity contribution in [2.45, 2.75) is 20.8 Å². The van der Waals surface area contributed by atoms with E-state index in [2.05, 4.69) is 40.8 Å². The summed E-state index contributed by atoms with van der Waals surface area (Å²) in [5, 5.41) is 19.3. The second-order valence-electron chi connectivity index (χ2n) is 6.60. The third-order valence-electron chi connectivity index (χ3n) is 4.68. The van der Waals surface area contributed by atoms with E-state index in [1.165, 1.54) is 12.1 Å². The lowest BCUT2D eigenvalue weighted by molar-refractivity contribution is -0.384. The van der Waals surface area contributed by atoms with Crippen molar-refractivity contribution in [2.75, 3.05) is 36.8 Å². The number of thioether (sulfide) groups is 1. The van der Waals surface area contributed by atoms with E-state index < -0.39 is 4.92 Å². The average molecular weight is 515 g/mol. The normalized spacial score (nSPS) is 11.0. The van der Waals surface area contributed by atoms with Crippen molar-refractivity contribution in [1.29, 1.82) is 0 Å². The fraction of sp³-hybridized carbons (Fsp3) is 0.381. The number of hydrogen-bond acceptors (Lipinski definition) is 7. The van der Waals surface area contributed by atoms with Crippen LogP contribution in [0.3, 0.4) is 0 Å². The zero-order chi connectivity index (χ0) is 23.7. The summed E-state index contributed by atoms with van der Waals surface area (Å²) in [6, 6.07) is 10.1. The minimum Gasteiger partial charge on any atom is -0.371 e. The Balaban J connectivity index is 2.02. The standard InChI is InChI=1S/C21H25Cl2N5O2S2/c1-4-26(5-2)21(31)32-12-11-27(6-3)16-9-7-15(8-10-16)24-25-20-18(22)13-17(28(29)30)14-19(20)23/h7-10,13-14H,4-6,11-12H2,1-3H3. The van der Waals surface area contributed by atoms with Crippen LogP contribution in [0.1, 0.15) is 20.8 Å². The van der Waals surface area contributed by atoms with Crippen molar-refractivity contribution >= 4 is 74.3 Å². The fourth-order valence-corrected chi connectivity index (χ4v) is 4.86. The second kappa shape index (κ2) is 12.9. The molecule has 0 fully saturated rings. The molecule has 7 nitrogen and oxygen atoms in total. The van der Waals surface area contributed by atoms with Crippen LogP contribution < -0.4 is 4.90 Å². The van der Waals surface area contributed by atoms with E-state index in [-0.39, 0.29) is 21.4 Å². The third-order valence-corrected chi connectivity index (χ3v) is 6.76. The highest BCUT2D eigenvalue weighted by Gasteiger charge is 2.14. The van der Waals surface area contributed by atoms with Crippen LogP contribution >= 0.6 is 47.2 Å². The van der Waals surface area contributed by atoms with Crippen LogP contribution in [0.5, 0.6) is 0 Å². The Labute approximate surface area is 207 Å². The number of rotatable bonds is 10. The molecule has 0 saturated heterocycles. The molecule has 0 heterocycles. The lowest BCUT2D eigenvalue weighted by Crippen LogP contribution is -2.29. The molecule has 2 rings (SSSR count). The van der Waals surface area contributed by atoms with Crippen LogP contribution in [0.4, 0.5) is 22.7 Å². The summed E-state index contributed by atoms with van der Waals surface area (Å²) in [5.74, 6) is 0.905. The Morgan fingerprint density at radius 1 is 1.06 bits per heavy atom. The number of nitro groups is 1. The van der Waals surface area contributed by atoms with Gasteiger partial charge in [-0.15, -0.1) is 5.11 Å². The molecule has 0 aliphatic carbocycles. The minimum absolute atomic E-state index is 0.0712. The molecule has 0 N–H and O–H groups in total. The first-order valence-electron chi connectivity index (χ1n) is 10.1. The van der Waals surface area contributed by atoms with Gasteiger partial charge in [0.2, 0.25) is 0 Å². The number of thiocarbonyl (C=S) groups is 1. The van der Waals surface area contributed by atoms with Gasteiger partial charge in [0.1, 0.15) is 10.0 Å². The summed E-state index contributed by atoms with van der Waals surface area (Å²) in [5.41, 5.74) is 1.69. The van der Waals surface area contributed by atoms with Gasteiger partial charge >= 0.3 is 0 Å². The fourth-order valence-electron chi connectivity index (χ4n) is 2.88. The maximum absolute atomic E-state index is 10.9. The number of nitro benzene ring substituents is 1. The summed E-state index contributed by atoms with van der Waals surface area (Å²) in [7, 11) is 0. The average Bonchev–Trinajstić information content (AvgIpc) is 2.77. The number of halogens is 2. The highest BCUT2D eigenvalue weighted by molar-refractivity contribution is 8.22. The van der Waals surface area contributed by atoms with Crippen LogP contribution in [-0.2, 0) is 0 Å². The van der Waals surface area contributed by atoms with Gasteiger partial charge in [0, 0.05) is 49.8 Å². The maximum Gasteiger partial charge on any atom is 0.272 e. The van der Waals surface area contributed by atoms with E-state index in [1.54, 1.807) is 11.8 Å². The molecule has 0 amide bonds. The number of azo groups is 1. The van der Waals surface area contributed by atoms with Crippen LogP contribution in [0.25, 0.3) is 0 Å². The Morgan fingerprint density at radius 2 is 1.66 bits per heavy atom.